The number of anilines is 3. The lowest BCUT2D eigenvalue weighted by molar-refractivity contribution is 0.102. The van der Waals surface area contributed by atoms with Gasteiger partial charge in [-0.05, 0) is 18.2 Å². The number of hydrogen-bond donors (Lipinski definition) is 2. The van der Waals surface area contributed by atoms with E-state index in [4.69, 9.17) is 14.2 Å². The van der Waals surface area contributed by atoms with E-state index in [0.717, 1.165) is 0 Å². The van der Waals surface area contributed by atoms with Crippen molar-refractivity contribution in [1.29, 1.82) is 0 Å². The number of carbonyl (C=O) groups is 1. The first-order valence-electron chi connectivity index (χ1n) is 8.51. The lowest BCUT2D eigenvalue weighted by Crippen LogP contribution is -2.15. The van der Waals surface area contributed by atoms with Crippen molar-refractivity contribution in [2.45, 2.75) is 0 Å². The Kier molecular flexibility index (Phi) is 6.08. The Bertz CT molecular complexity index is 1000. The third-order valence-corrected chi connectivity index (χ3v) is 3.93. The van der Waals surface area contributed by atoms with E-state index < -0.39 is 11.7 Å². The summed E-state index contributed by atoms with van der Waals surface area (Å²) in [5.74, 6) is 0.404. The number of methoxy groups -OCH3 is 3. The molecule has 0 spiro atoms. The maximum absolute atomic E-state index is 13.7. The summed E-state index contributed by atoms with van der Waals surface area (Å²) >= 11 is 0. The van der Waals surface area contributed by atoms with E-state index >= 15 is 0 Å². The summed E-state index contributed by atoms with van der Waals surface area (Å²) in [5.41, 5.74) is 0.694. The summed E-state index contributed by atoms with van der Waals surface area (Å²) < 4.78 is 29.7. The first-order chi connectivity index (χ1) is 14.0. The normalized spacial score (nSPS) is 10.2. The highest BCUT2D eigenvalue weighted by atomic mass is 19.1. The summed E-state index contributed by atoms with van der Waals surface area (Å²) in [6.07, 6.45) is 1.42. The Morgan fingerprint density at radius 2 is 1.69 bits per heavy atom. The number of nitrogens with one attached hydrogen (secondary N) is 2. The van der Waals surface area contributed by atoms with Gasteiger partial charge in [0.15, 0.2) is 11.5 Å². The number of ether oxygens (including phenoxy) is 3. The number of carbonyl (C=O) groups excluding carboxylic acids is 1. The van der Waals surface area contributed by atoms with Gasteiger partial charge in [-0.3, -0.25) is 4.79 Å². The average molecular weight is 398 g/mol. The number of para-hydroxylation sites is 1. The zero-order valence-corrected chi connectivity index (χ0v) is 16.0. The van der Waals surface area contributed by atoms with Crippen molar-refractivity contribution in [3.8, 4) is 17.2 Å². The molecular formula is C20H19FN4O4. The monoisotopic (exact) mass is 398 g/mol. The maximum atomic E-state index is 13.7. The molecule has 0 aliphatic carbocycles. The van der Waals surface area contributed by atoms with Gasteiger partial charge in [-0.1, -0.05) is 12.1 Å². The molecule has 8 nitrogen and oxygen atoms in total. The molecule has 0 unspecified atom stereocenters. The molecular weight excluding hydrogens is 379 g/mol. The number of hydrogen-bond acceptors (Lipinski definition) is 7. The van der Waals surface area contributed by atoms with Crippen LogP contribution in [-0.2, 0) is 0 Å². The molecule has 3 aromatic rings. The molecule has 0 radical (unpaired) electrons. The van der Waals surface area contributed by atoms with E-state index in [1.54, 1.807) is 18.2 Å². The van der Waals surface area contributed by atoms with Crippen molar-refractivity contribution < 1.29 is 23.4 Å². The van der Waals surface area contributed by atoms with E-state index in [0.29, 0.717) is 22.9 Å². The van der Waals surface area contributed by atoms with Crippen LogP contribution in [-0.4, -0.2) is 37.2 Å². The molecule has 1 aromatic heterocycles. The van der Waals surface area contributed by atoms with E-state index in [2.05, 4.69) is 20.6 Å². The van der Waals surface area contributed by atoms with Gasteiger partial charge in [0.1, 0.15) is 11.5 Å². The molecule has 1 heterocycles. The van der Waals surface area contributed by atoms with Crippen LogP contribution >= 0.6 is 0 Å². The molecule has 1 amide bonds. The highest BCUT2D eigenvalue weighted by molar-refractivity contribution is 6.03. The molecule has 150 valence electrons. The summed E-state index contributed by atoms with van der Waals surface area (Å²) in [7, 11) is 4.52. The molecule has 0 bridgehead atoms. The number of rotatable bonds is 7. The van der Waals surface area contributed by atoms with E-state index in [9.17, 15) is 9.18 Å². The van der Waals surface area contributed by atoms with Crippen molar-refractivity contribution in [2.75, 3.05) is 32.0 Å². The van der Waals surface area contributed by atoms with Crippen LogP contribution in [0.25, 0.3) is 0 Å². The van der Waals surface area contributed by atoms with Gasteiger partial charge in [-0.15, -0.1) is 0 Å². The lowest BCUT2D eigenvalue weighted by Gasteiger charge is -2.14. The van der Waals surface area contributed by atoms with Crippen LogP contribution in [0, 0.1) is 5.82 Å². The average Bonchev–Trinajstić information content (AvgIpc) is 2.74. The fourth-order valence-electron chi connectivity index (χ4n) is 2.58. The molecule has 9 heteroatoms. The van der Waals surface area contributed by atoms with Crippen LogP contribution < -0.4 is 24.8 Å². The van der Waals surface area contributed by atoms with Crippen molar-refractivity contribution in [2.24, 2.45) is 0 Å². The predicted molar refractivity (Wildman–Crippen MR) is 106 cm³/mol. The third-order valence-electron chi connectivity index (χ3n) is 3.93. The number of halogens is 1. The number of nitrogens with zero attached hydrogens (tertiary/aromatic N) is 2. The summed E-state index contributed by atoms with van der Waals surface area (Å²) in [4.78, 5) is 20.7. The van der Waals surface area contributed by atoms with Crippen LogP contribution in [0.1, 0.15) is 10.5 Å². The summed E-state index contributed by atoms with van der Waals surface area (Å²) in [6.45, 7) is 0. The fourth-order valence-corrected chi connectivity index (χ4v) is 2.58. The van der Waals surface area contributed by atoms with Gasteiger partial charge in [0.05, 0.1) is 27.0 Å². The number of benzene rings is 2. The van der Waals surface area contributed by atoms with Crippen molar-refractivity contribution in [3.63, 3.8) is 0 Å². The van der Waals surface area contributed by atoms with Crippen molar-refractivity contribution in [1.82, 2.24) is 9.97 Å². The highest BCUT2D eigenvalue weighted by Crippen LogP contribution is 2.40. The minimum atomic E-state index is -0.564. The molecule has 0 atom stereocenters. The third kappa shape index (κ3) is 4.52. The molecule has 0 aliphatic heterocycles. The Morgan fingerprint density at radius 1 is 1.00 bits per heavy atom. The minimum absolute atomic E-state index is 0.0650. The lowest BCUT2D eigenvalue weighted by atomic mass is 10.2. The second kappa shape index (κ2) is 8.87. The molecule has 0 saturated heterocycles. The highest BCUT2D eigenvalue weighted by Gasteiger charge is 2.15. The SMILES string of the molecule is COc1cc(Nc2nccc(C(=O)Nc3ccccc3F)n2)cc(OC)c1OC. The minimum Gasteiger partial charge on any atom is -0.493 e. The van der Waals surface area contributed by atoms with E-state index in [1.807, 2.05) is 0 Å². The molecule has 2 aromatic carbocycles. The van der Waals surface area contributed by atoms with Gasteiger partial charge in [-0.25, -0.2) is 14.4 Å². The standard InChI is InChI=1S/C20H19FN4O4/c1-27-16-10-12(11-17(28-2)18(16)29-3)23-20-22-9-8-15(25-20)19(26)24-14-7-5-4-6-13(14)21/h4-11H,1-3H3,(H,24,26)(H,22,23,25). The van der Waals surface area contributed by atoms with Crippen LogP contribution in [0.4, 0.5) is 21.7 Å². The second-order valence-corrected chi connectivity index (χ2v) is 5.74. The van der Waals surface area contributed by atoms with Gasteiger partial charge < -0.3 is 24.8 Å². The maximum Gasteiger partial charge on any atom is 0.274 e. The Morgan fingerprint density at radius 3 is 2.31 bits per heavy atom. The largest absolute Gasteiger partial charge is 0.493 e. The molecule has 0 aliphatic rings. The Labute approximate surface area is 166 Å². The Hall–Kier alpha value is -3.88. The first-order valence-corrected chi connectivity index (χ1v) is 8.51. The molecule has 2 N–H and O–H groups in total. The molecule has 0 fully saturated rings. The zero-order chi connectivity index (χ0) is 20.8. The van der Waals surface area contributed by atoms with Gasteiger partial charge in [0.25, 0.3) is 5.91 Å². The topological polar surface area (TPSA) is 94.6 Å². The number of aromatic nitrogens is 2. The number of amides is 1. The summed E-state index contributed by atoms with van der Waals surface area (Å²) in [6, 6.07) is 10.7. The van der Waals surface area contributed by atoms with Crippen LogP contribution in [0.2, 0.25) is 0 Å². The van der Waals surface area contributed by atoms with Gasteiger partial charge >= 0.3 is 0 Å². The van der Waals surface area contributed by atoms with Crippen molar-refractivity contribution >= 4 is 23.2 Å². The zero-order valence-electron chi connectivity index (χ0n) is 16.0. The van der Waals surface area contributed by atoms with Crippen molar-refractivity contribution in [3.05, 3.63) is 60.2 Å². The Balaban J connectivity index is 1.83. The smallest absolute Gasteiger partial charge is 0.274 e. The summed E-state index contributed by atoms with van der Waals surface area (Å²) in [5, 5.41) is 5.46. The van der Waals surface area contributed by atoms with Crippen LogP contribution in [0.3, 0.4) is 0 Å². The first kappa shape index (κ1) is 19.9. The molecule has 3 rings (SSSR count). The molecule has 0 saturated carbocycles. The second-order valence-electron chi connectivity index (χ2n) is 5.74. The van der Waals surface area contributed by atoms with Gasteiger partial charge in [-0.2, -0.15) is 0 Å². The predicted octanol–water partition coefficient (Wildman–Crippen LogP) is 3.64. The van der Waals surface area contributed by atoms with Crippen LogP contribution in [0.15, 0.2) is 48.7 Å². The van der Waals surface area contributed by atoms with Gasteiger partial charge in [0.2, 0.25) is 11.7 Å². The van der Waals surface area contributed by atoms with E-state index in [-0.39, 0.29) is 17.3 Å². The molecule has 29 heavy (non-hydrogen) atoms. The van der Waals surface area contributed by atoms with E-state index in [1.165, 1.54) is 51.8 Å². The quantitative estimate of drug-likeness (QED) is 0.627. The van der Waals surface area contributed by atoms with Crippen LogP contribution in [0.5, 0.6) is 17.2 Å². The van der Waals surface area contributed by atoms with Gasteiger partial charge in [0, 0.05) is 24.0 Å². The fraction of sp³-hybridized carbons (Fsp3) is 0.150.